The third kappa shape index (κ3) is 3.11. The summed E-state index contributed by atoms with van der Waals surface area (Å²) in [5, 5.41) is 6.34. The summed E-state index contributed by atoms with van der Waals surface area (Å²) in [6.07, 6.45) is 1.80. The predicted octanol–water partition coefficient (Wildman–Crippen LogP) is 2.68. The summed E-state index contributed by atoms with van der Waals surface area (Å²) < 4.78 is 8.89. The number of rotatable bonds is 4. The summed E-state index contributed by atoms with van der Waals surface area (Å²) in [5.41, 5.74) is 2.87. The van der Waals surface area contributed by atoms with E-state index < -0.39 is 0 Å². The van der Waals surface area contributed by atoms with Gasteiger partial charge >= 0.3 is 0 Å². The van der Waals surface area contributed by atoms with Gasteiger partial charge in [-0.25, -0.2) is 4.68 Å². The van der Waals surface area contributed by atoms with Crippen molar-refractivity contribution in [1.29, 1.82) is 0 Å². The van der Waals surface area contributed by atoms with E-state index in [0.29, 0.717) is 12.2 Å². The van der Waals surface area contributed by atoms with Gasteiger partial charge in [0.1, 0.15) is 11.3 Å². The molecule has 2 aromatic carbocycles. The van der Waals surface area contributed by atoms with Crippen molar-refractivity contribution in [2.75, 3.05) is 38.2 Å². The Morgan fingerprint density at radius 2 is 1.77 bits per heavy atom. The van der Waals surface area contributed by atoms with Crippen molar-refractivity contribution < 1.29 is 4.74 Å². The molecule has 0 atom stereocenters. The smallest absolute Gasteiger partial charge is 0.292 e. The number of fused-ring (bicyclic) bond motifs is 3. The summed E-state index contributed by atoms with van der Waals surface area (Å²) in [7, 11) is 3.58. The second-order valence-electron chi connectivity index (χ2n) is 7.74. The Balaban J connectivity index is 1.40. The van der Waals surface area contributed by atoms with Crippen molar-refractivity contribution >= 4 is 27.5 Å². The molecule has 1 aliphatic heterocycles. The minimum Gasteiger partial charge on any atom is -0.497 e. The van der Waals surface area contributed by atoms with E-state index >= 15 is 0 Å². The standard InChI is InChI=1S/C23H25N5O2/c1-25-21-9-8-18(30-2)14-19(21)20-15-24-28(23(29)22(20)25)16-26-10-12-27(13-11-26)17-6-4-3-5-7-17/h3-9,14-15H,10-13,16H2,1-2H3. The maximum Gasteiger partial charge on any atom is 0.292 e. The number of para-hydroxylation sites is 1. The molecule has 0 spiro atoms. The SMILES string of the molecule is COc1ccc2c(c1)c1cnn(CN3CCN(c4ccccc4)CC3)c(=O)c1n2C. The van der Waals surface area contributed by atoms with Gasteiger partial charge in [-0.05, 0) is 30.3 Å². The van der Waals surface area contributed by atoms with E-state index in [1.807, 2.05) is 35.9 Å². The van der Waals surface area contributed by atoms with Crippen molar-refractivity contribution in [3.05, 3.63) is 65.1 Å². The molecule has 0 radical (unpaired) electrons. The molecule has 7 nitrogen and oxygen atoms in total. The molecule has 2 aromatic heterocycles. The van der Waals surface area contributed by atoms with Gasteiger partial charge in [-0.15, -0.1) is 0 Å². The molecule has 4 aromatic rings. The summed E-state index contributed by atoms with van der Waals surface area (Å²) in [5.74, 6) is 0.774. The number of ether oxygens (including phenoxy) is 1. The lowest BCUT2D eigenvalue weighted by atomic mass is 10.2. The quantitative estimate of drug-likeness (QED) is 0.524. The molecule has 3 heterocycles. The highest BCUT2D eigenvalue weighted by molar-refractivity contribution is 6.07. The van der Waals surface area contributed by atoms with Crippen molar-refractivity contribution in [1.82, 2.24) is 19.2 Å². The molecule has 7 heteroatoms. The fourth-order valence-corrected chi connectivity index (χ4v) is 4.35. The van der Waals surface area contributed by atoms with Crippen molar-refractivity contribution in [2.24, 2.45) is 7.05 Å². The fraction of sp³-hybridized carbons (Fsp3) is 0.304. The largest absolute Gasteiger partial charge is 0.497 e. The molecule has 154 valence electrons. The zero-order valence-corrected chi connectivity index (χ0v) is 17.3. The second kappa shape index (κ2) is 7.50. The van der Waals surface area contributed by atoms with E-state index in [4.69, 9.17) is 4.74 Å². The van der Waals surface area contributed by atoms with Gasteiger partial charge in [0.25, 0.3) is 5.56 Å². The lowest BCUT2D eigenvalue weighted by Crippen LogP contribution is -2.48. The lowest BCUT2D eigenvalue weighted by Gasteiger charge is -2.35. The maximum absolute atomic E-state index is 13.2. The normalized spacial score (nSPS) is 15.2. The summed E-state index contributed by atoms with van der Waals surface area (Å²) in [6, 6.07) is 16.3. The number of aryl methyl sites for hydroxylation is 1. The highest BCUT2D eigenvalue weighted by Gasteiger charge is 2.20. The van der Waals surface area contributed by atoms with Crippen LogP contribution in [0, 0.1) is 0 Å². The van der Waals surface area contributed by atoms with Crippen LogP contribution in [0.2, 0.25) is 0 Å². The fourth-order valence-electron chi connectivity index (χ4n) is 4.35. The Kier molecular flexibility index (Phi) is 4.67. The third-order valence-corrected chi connectivity index (χ3v) is 6.04. The summed E-state index contributed by atoms with van der Waals surface area (Å²) in [4.78, 5) is 17.9. The lowest BCUT2D eigenvalue weighted by molar-refractivity contribution is 0.192. The van der Waals surface area contributed by atoms with Crippen molar-refractivity contribution in [3.63, 3.8) is 0 Å². The van der Waals surface area contributed by atoms with Crippen molar-refractivity contribution in [3.8, 4) is 5.75 Å². The van der Waals surface area contributed by atoms with Crippen LogP contribution in [-0.2, 0) is 13.7 Å². The number of anilines is 1. The Bertz CT molecular complexity index is 1250. The number of nitrogens with zero attached hydrogens (tertiary/aromatic N) is 5. The van der Waals surface area contributed by atoms with Crippen LogP contribution in [0.15, 0.2) is 59.5 Å². The molecule has 30 heavy (non-hydrogen) atoms. The van der Waals surface area contributed by atoms with Gasteiger partial charge in [0.2, 0.25) is 0 Å². The number of benzene rings is 2. The molecule has 0 unspecified atom stereocenters. The van der Waals surface area contributed by atoms with E-state index in [2.05, 4.69) is 39.2 Å². The van der Waals surface area contributed by atoms with Crippen LogP contribution in [0.25, 0.3) is 21.8 Å². The van der Waals surface area contributed by atoms with E-state index in [1.165, 1.54) is 5.69 Å². The zero-order chi connectivity index (χ0) is 20.7. The van der Waals surface area contributed by atoms with Crippen LogP contribution in [0.4, 0.5) is 5.69 Å². The molecule has 0 N–H and O–H groups in total. The van der Waals surface area contributed by atoms with E-state index in [1.54, 1.807) is 18.0 Å². The number of hydrogen-bond acceptors (Lipinski definition) is 5. The predicted molar refractivity (Wildman–Crippen MR) is 119 cm³/mol. The van der Waals surface area contributed by atoms with Gasteiger partial charge in [-0.1, -0.05) is 18.2 Å². The zero-order valence-electron chi connectivity index (χ0n) is 17.3. The number of aromatic nitrogens is 3. The van der Waals surface area contributed by atoms with Gasteiger partial charge in [-0.2, -0.15) is 5.10 Å². The molecule has 0 aliphatic carbocycles. The van der Waals surface area contributed by atoms with Crippen LogP contribution >= 0.6 is 0 Å². The molecule has 1 fully saturated rings. The first-order valence-corrected chi connectivity index (χ1v) is 10.2. The first kappa shape index (κ1) is 18.7. The average Bonchev–Trinajstić information content (AvgIpc) is 3.08. The van der Waals surface area contributed by atoms with E-state index in [0.717, 1.165) is 48.2 Å². The first-order chi connectivity index (χ1) is 14.7. The van der Waals surface area contributed by atoms with Crippen LogP contribution < -0.4 is 15.2 Å². The summed E-state index contributed by atoms with van der Waals surface area (Å²) in [6.45, 7) is 4.17. The van der Waals surface area contributed by atoms with Gasteiger partial charge < -0.3 is 14.2 Å². The number of piperazine rings is 1. The Labute approximate surface area is 174 Å². The molecule has 1 saturated heterocycles. The Hall–Kier alpha value is -3.32. The minimum atomic E-state index is -0.0596. The average molecular weight is 403 g/mol. The third-order valence-electron chi connectivity index (χ3n) is 6.04. The first-order valence-electron chi connectivity index (χ1n) is 10.2. The minimum absolute atomic E-state index is 0.0596. The van der Waals surface area contributed by atoms with Crippen LogP contribution in [0.3, 0.4) is 0 Å². The van der Waals surface area contributed by atoms with Crippen LogP contribution in [-0.4, -0.2) is 52.5 Å². The van der Waals surface area contributed by atoms with E-state index in [-0.39, 0.29) is 5.56 Å². The highest BCUT2D eigenvalue weighted by atomic mass is 16.5. The number of hydrogen-bond donors (Lipinski definition) is 0. The Morgan fingerprint density at radius 3 is 2.50 bits per heavy atom. The molecular formula is C23H25N5O2. The van der Waals surface area contributed by atoms with Crippen LogP contribution in [0.1, 0.15) is 0 Å². The molecule has 0 bridgehead atoms. The molecule has 0 saturated carbocycles. The van der Waals surface area contributed by atoms with Gasteiger partial charge in [-0.3, -0.25) is 9.69 Å². The highest BCUT2D eigenvalue weighted by Crippen LogP contribution is 2.28. The second-order valence-corrected chi connectivity index (χ2v) is 7.74. The molecule has 1 aliphatic rings. The molecule has 0 amide bonds. The topological polar surface area (TPSA) is 55.5 Å². The monoisotopic (exact) mass is 403 g/mol. The Morgan fingerprint density at radius 1 is 1.00 bits per heavy atom. The van der Waals surface area contributed by atoms with Gasteiger partial charge in [0, 0.05) is 55.2 Å². The number of methoxy groups -OCH3 is 1. The summed E-state index contributed by atoms with van der Waals surface area (Å²) >= 11 is 0. The molecular weight excluding hydrogens is 378 g/mol. The van der Waals surface area contributed by atoms with Crippen molar-refractivity contribution in [2.45, 2.75) is 6.67 Å². The van der Waals surface area contributed by atoms with Crippen LogP contribution in [0.5, 0.6) is 5.75 Å². The molecule has 5 rings (SSSR count). The van der Waals surface area contributed by atoms with E-state index in [9.17, 15) is 4.79 Å². The maximum atomic E-state index is 13.2. The van der Waals surface area contributed by atoms with Gasteiger partial charge in [0.15, 0.2) is 0 Å². The van der Waals surface area contributed by atoms with Gasteiger partial charge in [0.05, 0.1) is 20.0 Å².